The van der Waals surface area contributed by atoms with Crippen molar-refractivity contribution in [1.82, 2.24) is 4.90 Å². The van der Waals surface area contributed by atoms with Crippen LogP contribution in [0.15, 0.2) is 53.4 Å². The molecule has 1 heterocycles. The first-order chi connectivity index (χ1) is 13.0. The number of benzene rings is 2. The topological polar surface area (TPSA) is 58.6 Å². The van der Waals surface area contributed by atoms with Crippen molar-refractivity contribution in [2.45, 2.75) is 24.8 Å². The van der Waals surface area contributed by atoms with Crippen molar-refractivity contribution in [2.75, 3.05) is 31.3 Å². The van der Waals surface area contributed by atoms with Crippen LogP contribution in [-0.2, 0) is 22.1 Å². The maximum absolute atomic E-state index is 12.7. The van der Waals surface area contributed by atoms with Gasteiger partial charge in [-0.25, -0.2) is 4.79 Å². The van der Waals surface area contributed by atoms with Crippen molar-refractivity contribution in [1.29, 1.82) is 0 Å². The second-order valence-corrected chi connectivity index (χ2v) is 8.28. The molecule has 2 amide bonds. The number of carbonyl (C=O) groups is 1. The fourth-order valence-electron chi connectivity index (χ4n) is 3.30. The summed E-state index contributed by atoms with van der Waals surface area (Å²) in [7, 11) is -1.15. The van der Waals surface area contributed by atoms with Crippen molar-refractivity contribution in [2.24, 2.45) is 5.92 Å². The van der Waals surface area contributed by atoms with Gasteiger partial charge in [-0.1, -0.05) is 42.5 Å². The number of rotatable bonds is 6. The lowest BCUT2D eigenvalue weighted by Gasteiger charge is -2.19. The minimum atomic E-state index is -1.15. The summed E-state index contributed by atoms with van der Waals surface area (Å²) in [6.45, 7) is 4.54. The van der Waals surface area contributed by atoms with Crippen molar-refractivity contribution in [3.05, 3.63) is 59.7 Å². The third kappa shape index (κ3) is 5.17. The van der Waals surface area contributed by atoms with Gasteiger partial charge in [-0.3, -0.25) is 4.21 Å². The average molecular weight is 387 g/mol. The summed E-state index contributed by atoms with van der Waals surface area (Å²) in [4.78, 5) is 15.1. The Kier molecular flexibility index (Phi) is 6.63. The van der Waals surface area contributed by atoms with Gasteiger partial charge in [-0.05, 0) is 30.5 Å². The van der Waals surface area contributed by atoms with Crippen molar-refractivity contribution < 1.29 is 13.7 Å². The highest BCUT2D eigenvalue weighted by Gasteiger charge is 2.27. The van der Waals surface area contributed by atoms with Crippen molar-refractivity contribution >= 4 is 22.5 Å². The van der Waals surface area contributed by atoms with Crippen LogP contribution in [0.25, 0.3) is 0 Å². The summed E-state index contributed by atoms with van der Waals surface area (Å²) >= 11 is 0. The third-order valence-corrected chi connectivity index (χ3v) is 5.77. The largest absolute Gasteiger partial charge is 0.376 e. The molecule has 1 aliphatic heterocycles. The summed E-state index contributed by atoms with van der Waals surface area (Å²) < 4.78 is 17.8. The van der Waals surface area contributed by atoms with E-state index in [2.05, 4.69) is 5.32 Å². The second-order valence-electron chi connectivity index (χ2n) is 6.93. The van der Waals surface area contributed by atoms with E-state index in [9.17, 15) is 9.00 Å². The first-order valence-corrected chi connectivity index (χ1v) is 10.7. The number of amides is 2. The first kappa shape index (κ1) is 19.6. The smallest absolute Gasteiger partial charge is 0.321 e. The maximum atomic E-state index is 12.7. The first-order valence-electron chi connectivity index (χ1n) is 9.15. The average Bonchev–Trinajstić information content (AvgIpc) is 3.13. The molecule has 1 aliphatic rings. The van der Waals surface area contributed by atoms with E-state index in [0.717, 1.165) is 17.5 Å². The fraction of sp³-hybridized carbons (Fsp3) is 0.381. The molecule has 0 unspecified atom stereocenters. The number of para-hydroxylation sites is 1. The second kappa shape index (κ2) is 9.15. The zero-order valence-corrected chi connectivity index (χ0v) is 16.6. The zero-order chi connectivity index (χ0) is 19.2. The predicted molar refractivity (Wildman–Crippen MR) is 108 cm³/mol. The number of nitrogens with one attached hydrogen (secondary N) is 1. The van der Waals surface area contributed by atoms with Gasteiger partial charge in [0.25, 0.3) is 0 Å². The summed E-state index contributed by atoms with van der Waals surface area (Å²) in [5.41, 5.74) is 2.73. The lowest BCUT2D eigenvalue weighted by Crippen LogP contribution is -2.34. The van der Waals surface area contributed by atoms with Crippen LogP contribution >= 0.6 is 0 Å². The van der Waals surface area contributed by atoms with E-state index in [4.69, 9.17) is 4.74 Å². The fourth-order valence-corrected chi connectivity index (χ4v) is 4.07. The number of nitrogens with zero attached hydrogens (tertiary/aromatic N) is 1. The zero-order valence-electron chi connectivity index (χ0n) is 15.8. The van der Waals surface area contributed by atoms with Gasteiger partial charge in [0.1, 0.15) is 0 Å². The molecule has 0 saturated carbocycles. The lowest BCUT2D eigenvalue weighted by atomic mass is 10.1. The Bertz CT molecular complexity index is 810. The quantitative estimate of drug-likeness (QED) is 0.821. The molecule has 0 aliphatic carbocycles. The summed E-state index contributed by atoms with van der Waals surface area (Å²) in [6.07, 6.45) is 2.56. The molecule has 2 atom stereocenters. The highest BCUT2D eigenvalue weighted by Crippen LogP contribution is 2.25. The molecule has 27 heavy (non-hydrogen) atoms. The van der Waals surface area contributed by atoms with Gasteiger partial charge in [0.05, 0.1) is 34.6 Å². The number of carbonyl (C=O) groups excluding carboxylic acids is 1. The number of hydrogen-bond acceptors (Lipinski definition) is 3. The molecule has 0 aromatic heterocycles. The molecule has 5 nitrogen and oxygen atoms in total. The van der Waals surface area contributed by atoms with Gasteiger partial charge in [-0.15, -0.1) is 0 Å². The summed E-state index contributed by atoms with van der Waals surface area (Å²) in [5.74, 6) is 0.344. The lowest BCUT2D eigenvalue weighted by molar-refractivity contribution is 0.0900. The summed E-state index contributed by atoms with van der Waals surface area (Å²) in [5, 5.41) is 2.96. The molecule has 0 spiro atoms. The van der Waals surface area contributed by atoms with Gasteiger partial charge in [0, 0.05) is 25.3 Å². The van der Waals surface area contributed by atoms with E-state index < -0.39 is 10.8 Å². The molecule has 1 fully saturated rings. The minimum Gasteiger partial charge on any atom is -0.376 e. The molecular formula is C21H26N2O3S. The Morgan fingerprint density at radius 2 is 2.00 bits per heavy atom. The highest BCUT2D eigenvalue weighted by molar-refractivity contribution is 7.84. The number of urea groups is 1. The molecule has 0 bridgehead atoms. The van der Waals surface area contributed by atoms with Crippen LogP contribution < -0.4 is 5.32 Å². The number of likely N-dealkylation sites (tertiary alicyclic amines) is 1. The van der Waals surface area contributed by atoms with E-state index in [1.807, 2.05) is 54.3 Å². The molecule has 1 N–H and O–H groups in total. The predicted octanol–water partition coefficient (Wildman–Crippen LogP) is 3.80. The third-order valence-electron chi connectivity index (χ3n) is 4.81. The molecule has 2 aromatic carbocycles. The van der Waals surface area contributed by atoms with E-state index in [1.165, 1.54) is 0 Å². The highest BCUT2D eigenvalue weighted by atomic mass is 32.2. The Labute approximate surface area is 163 Å². The number of aryl methyl sites for hydroxylation is 1. The van der Waals surface area contributed by atoms with Gasteiger partial charge < -0.3 is 15.0 Å². The Morgan fingerprint density at radius 3 is 2.74 bits per heavy atom. The standard InChI is InChI=1S/C21H26N2O3S/c1-16-7-6-10-19(27(2)25)20(16)22-21(24)23-12-11-18(13-23)15-26-14-17-8-4-3-5-9-17/h3-10,18H,11-15H2,1-2H3,(H,22,24)/t18-,27+/m1/s1. The van der Waals surface area contributed by atoms with Crippen LogP contribution in [-0.4, -0.2) is 41.1 Å². The van der Waals surface area contributed by atoms with Crippen LogP contribution in [0.5, 0.6) is 0 Å². The van der Waals surface area contributed by atoms with Crippen molar-refractivity contribution in [3.8, 4) is 0 Å². The van der Waals surface area contributed by atoms with Crippen LogP contribution in [0.4, 0.5) is 10.5 Å². The molecule has 6 heteroatoms. The normalized spacial score (nSPS) is 17.7. The number of ether oxygens (including phenoxy) is 1. The maximum Gasteiger partial charge on any atom is 0.321 e. The Morgan fingerprint density at radius 1 is 1.22 bits per heavy atom. The van der Waals surface area contributed by atoms with Crippen LogP contribution in [0.3, 0.4) is 0 Å². The molecule has 144 valence electrons. The molecular weight excluding hydrogens is 360 g/mol. The van der Waals surface area contributed by atoms with E-state index in [-0.39, 0.29) is 6.03 Å². The van der Waals surface area contributed by atoms with Crippen molar-refractivity contribution in [3.63, 3.8) is 0 Å². The monoisotopic (exact) mass is 386 g/mol. The van der Waals surface area contributed by atoms with Crippen LogP contribution in [0, 0.1) is 12.8 Å². The van der Waals surface area contributed by atoms with E-state index in [1.54, 1.807) is 12.3 Å². The molecule has 3 rings (SSSR count). The van der Waals surface area contributed by atoms with Gasteiger partial charge >= 0.3 is 6.03 Å². The summed E-state index contributed by atoms with van der Waals surface area (Å²) in [6, 6.07) is 15.5. The van der Waals surface area contributed by atoms with Gasteiger partial charge in [0.15, 0.2) is 0 Å². The molecule has 2 aromatic rings. The number of anilines is 1. The van der Waals surface area contributed by atoms with E-state index >= 15 is 0 Å². The number of hydrogen-bond donors (Lipinski definition) is 1. The molecule has 1 saturated heterocycles. The van der Waals surface area contributed by atoms with Gasteiger partial charge in [-0.2, -0.15) is 0 Å². The van der Waals surface area contributed by atoms with E-state index in [0.29, 0.717) is 42.8 Å². The van der Waals surface area contributed by atoms with Gasteiger partial charge in [0.2, 0.25) is 0 Å². The minimum absolute atomic E-state index is 0.137. The van der Waals surface area contributed by atoms with Crippen LogP contribution in [0.2, 0.25) is 0 Å². The SMILES string of the molecule is Cc1cccc([S@](C)=O)c1NC(=O)N1CC[C@@H](COCc2ccccc2)C1. The van der Waals surface area contributed by atoms with Crippen LogP contribution in [0.1, 0.15) is 17.5 Å². The molecule has 0 radical (unpaired) electrons. The Hall–Kier alpha value is -2.18. The Balaban J connectivity index is 1.52.